The first kappa shape index (κ1) is 4.77. The molecule has 2 aliphatic heterocycles. The molecular formula is C6H10O2. The van der Waals surface area contributed by atoms with Gasteiger partial charge in [0.25, 0.3) is 0 Å². The van der Waals surface area contributed by atoms with Gasteiger partial charge in [-0.2, -0.15) is 0 Å². The molecule has 0 saturated carbocycles. The molecule has 0 aromatic carbocycles. The molecule has 2 fully saturated rings. The molecule has 2 aliphatic rings. The predicted molar refractivity (Wildman–Crippen MR) is 28.7 cm³/mol. The van der Waals surface area contributed by atoms with Gasteiger partial charge in [0.1, 0.15) is 5.60 Å². The van der Waals surface area contributed by atoms with E-state index in [1.54, 1.807) is 0 Å². The van der Waals surface area contributed by atoms with E-state index in [0.717, 1.165) is 19.8 Å². The topological polar surface area (TPSA) is 21.8 Å². The van der Waals surface area contributed by atoms with Crippen LogP contribution in [0.2, 0.25) is 0 Å². The summed E-state index contributed by atoms with van der Waals surface area (Å²) in [5, 5.41) is 0. The third kappa shape index (κ3) is 0.644. The van der Waals surface area contributed by atoms with Gasteiger partial charge in [-0.15, -0.1) is 0 Å². The Kier molecular flexibility index (Phi) is 0.866. The Balaban J connectivity index is 1.95. The van der Waals surface area contributed by atoms with Crippen LogP contribution in [0.1, 0.15) is 12.8 Å². The molecule has 2 heterocycles. The molecule has 0 unspecified atom stereocenters. The molecule has 2 nitrogen and oxygen atoms in total. The summed E-state index contributed by atoms with van der Waals surface area (Å²) in [5.41, 5.74) is 0.207. The van der Waals surface area contributed by atoms with Gasteiger partial charge in [-0.1, -0.05) is 0 Å². The van der Waals surface area contributed by atoms with Crippen molar-refractivity contribution in [3.05, 3.63) is 0 Å². The van der Waals surface area contributed by atoms with Gasteiger partial charge in [0, 0.05) is 6.61 Å². The van der Waals surface area contributed by atoms with E-state index in [4.69, 9.17) is 9.47 Å². The Bertz CT molecular complexity index is 88.7. The van der Waals surface area contributed by atoms with E-state index in [1.807, 2.05) is 0 Å². The quantitative estimate of drug-likeness (QED) is 0.429. The maximum Gasteiger partial charge on any atom is 0.115 e. The predicted octanol–water partition coefficient (Wildman–Crippen LogP) is 0.566. The van der Waals surface area contributed by atoms with Crippen molar-refractivity contribution in [3.63, 3.8) is 0 Å². The fourth-order valence-electron chi connectivity index (χ4n) is 1.16. The molecule has 1 atom stereocenters. The minimum absolute atomic E-state index is 0.207. The Morgan fingerprint density at radius 2 is 2.12 bits per heavy atom. The van der Waals surface area contributed by atoms with Crippen molar-refractivity contribution in [2.45, 2.75) is 18.4 Å². The molecule has 46 valence electrons. The van der Waals surface area contributed by atoms with Crippen LogP contribution in [0.4, 0.5) is 0 Å². The van der Waals surface area contributed by atoms with Crippen LogP contribution in [-0.2, 0) is 9.47 Å². The van der Waals surface area contributed by atoms with Crippen LogP contribution >= 0.6 is 0 Å². The lowest BCUT2D eigenvalue weighted by atomic mass is 10.0. The van der Waals surface area contributed by atoms with Crippen LogP contribution in [0.25, 0.3) is 0 Å². The minimum Gasteiger partial charge on any atom is -0.378 e. The molecule has 2 rings (SSSR count). The number of ether oxygens (including phenoxy) is 2. The number of hydrogen-bond donors (Lipinski definition) is 0. The highest BCUT2D eigenvalue weighted by molar-refractivity contribution is 4.93. The van der Waals surface area contributed by atoms with Crippen LogP contribution < -0.4 is 0 Å². The average Bonchev–Trinajstić information content (AvgIpc) is 2.52. The Morgan fingerprint density at radius 1 is 1.25 bits per heavy atom. The van der Waals surface area contributed by atoms with Crippen molar-refractivity contribution < 1.29 is 9.47 Å². The van der Waals surface area contributed by atoms with E-state index in [0.29, 0.717) is 0 Å². The molecule has 0 aromatic heterocycles. The molecule has 2 heteroatoms. The summed E-state index contributed by atoms with van der Waals surface area (Å²) < 4.78 is 10.4. The van der Waals surface area contributed by atoms with Crippen LogP contribution in [0.3, 0.4) is 0 Å². The number of hydrogen-bond acceptors (Lipinski definition) is 2. The fourth-order valence-corrected chi connectivity index (χ4v) is 1.16. The van der Waals surface area contributed by atoms with Gasteiger partial charge < -0.3 is 9.47 Å². The SMILES string of the molecule is C1COC[C@]2(C1)CO2. The lowest BCUT2D eigenvalue weighted by Crippen LogP contribution is -2.25. The van der Waals surface area contributed by atoms with E-state index < -0.39 is 0 Å². The van der Waals surface area contributed by atoms with Gasteiger partial charge >= 0.3 is 0 Å². The minimum atomic E-state index is 0.207. The van der Waals surface area contributed by atoms with Gasteiger partial charge in [-0.05, 0) is 12.8 Å². The van der Waals surface area contributed by atoms with Crippen LogP contribution in [-0.4, -0.2) is 25.4 Å². The summed E-state index contributed by atoms with van der Waals surface area (Å²) in [6.07, 6.45) is 2.40. The molecule has 1 spiro atoms. The Hall–Kier alpha value is -0.0800. The molecule has 0 bridgehead atoms. The zero-order valence-electron chi connectivity index (χ0n) is 4.85. The first-order valence-corrected chi connectivity index (χ1v) is 3.13. The number of rotatable bonds is 0. The van der Waals surface area contributed by atoms with Crippen molar-refractivity contribution in [3.8, 4) is 0 Å². The molecule has 0 amide bonds. The lowest BCUT2D eigenvalue weighted by molar-refractivity contribution is 0.0341. The van der Waals surface area contributed by atoms with Crippen LogP contribution in [0.5, 0.6) is 0 Å². The first-order valence-electron chi connectivity index (χ1n) is 3.13. The van der Waals surface area contributed by atoms with Crippen molar-refractivity contribution >= 4 is 0 Å². The first-order chi connectivity index (χ1) is 3.91. The Morgan fingerprint density at radius 3 is 2.50 bits per heavy atom. The van der Waals surface area contributed by atoms with Crippen molar-refractivity contribution in [1.29, 1.82) is 0 Å². The van der Waals surface area contributed by atoms with Gasteiger partial charge in [0.2, 0.25) is 0 Å². The normalized spacial score (nSPS) is 45.0. The summed E-state index contributed by atoms with van der Waals surface area (Å²) in [6.45, 7) is 2.71. The summed E-state index contributed by atoms with van der Waals surface area (Å²) in [6, 6.07) is 0. The summed E-state index contributed by atoms with van der Waals surface area (Å²) in [7, 11) is 0. The van der Waals surface area contributed by atoms with Crippen LogP contribution in [0, 0.1) is 0 Å². The van der Waals surface area contributed by atoms with Crippen molar-refractivity contribution in [1.82, 2.24) is 0 Å². The standard InChI is InChI=1S/C6H10O2/c1-2-6(5-8-6)4-7-3-1/h1-5H2/t6-/m1/s1. The molecule has 0 aliphatic carbocycles. The summed E-state index contributed by atoms with van der Waals surface area (Å²) >= 11 is 0. The second kappa shape index (κ2) is 1.45. The second-order valence-electron chi connectivity index (χ2n) is 2.63. The fraction of sp³-hybridized carbons (Fsp3) is 1.00. The molecule has 8 heavy (non-hydrogen) atoms. The average molecular weight is 114 g/mol. The zero-order valence-corrected chi connectivity index (χ0v) is 4.85. The summed E-state index contributed by atoms with van der Waals surface area (Å²) in [4.78, 5) is 0. The Labute approximate surface area is 48.8 Å². The second-order valence-corrected chi connectivity index (χ2v) is 2.63. The highest BCUT2D eigenvalue weighted by Gasteiger charge is 2.45. The number of epoxide rings is 1. The molecule has 2 saturated heterocycles. The third-order valence-electron chi connectivity index (χ3n) is 1.84. The molecule has 0 aromatic rings. The van der Waals surface area contributed by atoms with E-state index in [9.17, 15) is 0 Å². The van der Waals surface area contributed by atoms with Gasteiger partial charge in [-0.25, -0.2) is 0 Å². The van der Waals surface area contributed by atoms with Gasteiger partial charge in [0.15, 0.2) is 0 Å². The highest BCUT2D eigenvalue weighted by Crippen LogP contribution is 2.34. The maximum atomic E-state index is 5.22. The molecule has 0 N–H and O–H groups in total. The van der Waals surface area contributed by atoms with Crippen molar-refractivity contribution in [2.75, 3.05) is 19.8 Å². The lowest BCUT2D eigenvalue weighted by Gasteiger charge is -2.17. The van der Waals surface area contributed by atoms with E-state index in [-0.39, 0.29) is 5.60 Å². The molecule has 0 radical (unpaired) electrons. The zero-order chi connectivity index (χ0) is 5.45. The monoisotopic (exact) mass is 114 g/mol. The van der Waals surface area contributed by atoms with Gasteiger partial charge in [0.05, 0.1) is 13.2 Å². The smallest absolute Gasteiger partial charge is 0.115 e. The maximum absolute atomic E-state index is 5.22. The van der Waals surface area contributed by atoms with Crippen LogP contribution in [0.15, 0.2) is 0 Å². The molecular weight excluding hydrogens is 104 g/mol. The van der Waals surface area contributed by atoms with Crippen molar-refractivity contribution in [2.24, 2.45) is 0 Å². The van der Waals surface area contributed by atoms with Gasteiger partial charge in [-0.3, -0.25) is 0 Å². The van der Waals surface area contributed by atoms with E-state index >= 15 is 0 Å². The highest BCUT2D eigenvalue weighted by atomic mass is 16.6. The largest absolute Gasteiger partial charge is 0.378 e. The van der Waals surface area contributed by atoms with E-state index in [2.05, 4.69) is 0 Å². The van der Waals surface area contributed by atoms with E-state index in [1.165, 1.54) is 12.8 Å². The third-order valence-corrected chi connectivity index (χ3v) is 1.84. The summed E-state index contributed by atoms with van der Waals surface area (Å²) in [5.74, 6) is 0.